The van der Waals surface area contributed by atoms with E-state index in [0.29, 0.717) is 27.1 Å². The highest BCUT2D eigenvalue weighted by Crippen LogP contribution is 2.22. The third-order valence-corrected chi connectivity index (χ3v) is 3.97. The third kappa shape index (κ3) is 2.23. The van der Waals surface area contributed by atoms with Gasteiger partial charge in [-0.15, -0.1) is 0 Å². The number of benzene rings is 1. The summed E-state index contributed by atoms with van der Waals surface area (Å²) in [4.78, 5) is 28.7. The number of hydrogen-bond donors (Lipinski definition) is 0. The molecule has 2 aromatic heterocycles. The topological polar surface area (TPSA) is 60.7 Å². The minimum absolute atomic E-state index is 0.221. The van der Waals surface area contributed by atoms with Crippen LogP contribution in [0, 0.1) is 0 Å². The van der Waals surface area contributed by atoms with Gasteiger partial charge >= 0.3 is 5.97 Å². The van der Waals surface area contributed by atoms with E-state index in [1.54, 1.807) is 43.5 Å². The third-order valence-electron chi connectivity index (χ3n) is 3.67. The van der Waals surface area contributed by atoms with Gasteiger partial charge in [-0.2, -0.15) is 0 Å². The number of nitrogens with zero attached hydrogens (tertiary/aromatic N) is 2. The van der Waals surface area contributed by atoms with Gasteiger partial charge in [0.25, 0.3) is 5.56 Å². The summed E-state index contributed by atoms with van der Waals surface area (Å²) in [7, 11) is 1.34. The molecule has 22 heavy (non-hydrogen) atoms. The molecule has 3 aromatic rings. The van der Waals surface area contributed by atoms with Gasteiger partial charge < -0.3 is 4.74 Å². The molecule has 5 nitrogen and oxygen atoms in total. The van der Waals surface area contributed by atoms with Gasteiger partial charge in [-0.05, 0) is 36.8 Å². The van der Waals surface area contributed by atoms with Gasteiger partial charge in [0.05, 0.1) is 29.0 Å². The zero-order valence-corrected chi connectivity index (χ0v) is 12.8. The number of rotatable bonds is 2. The summed E-state index contributed by atoms with van der Waals surface area (Å²) >= 11 is 6.09. The van der Waals surface area contributed by atoms with Crippen LogP contribution in [0.2, 0.25) is 5.02 Å². The van der Waals surface area contributed by atoms with Crippen LogP contribution in [0.3, 0.4) is 0 Å². The monoisotopic (exact) mass is 316 g/mol. The second-order valence-electron chi connectivity index (χ2n) is 4.99. The number of pyridine rings is 1. The van der Waals surface area contributed by atoms with Crippen molar-refractivity contribution in [1.82, 2.24) is 9.38 Å². The van der Waals surface area contributed by atoms with Crippen LogP contribution >= 0.6 is 11.6 Å². The maximum atomic E-state index is 12.6. The van der Waals surface area contributed by atoms with E-state index in [2.05, 4.69) is 4.98 Å². The predicted molar refractivity (Wildman–Crippen MR) is 84.4 cm³/mol. The minimum atomic E-state index is -0.450. The summed E-state index contributed by atoms with van der Waals surface area (Å²) in [5.74, 6) is -0.801. The first-order chi connectivity index (χ1) is 10.5. The molecule has 0 amide bonds. The van der Waals surface area contributed by atoms with Crippen molar-refractivity contribution in [2.45, 2.75) is 12.8 Å². The van der Waals surface area contributed by atoms with Crippen molar-refractivity contribution in [2.24, 2.45) is 0 Å². The second-order valence-corrected chi connectivity index (χ2v) is 5.40. The molecule has 2 heterocycles. The van der Waals surface area contributed by atoms with E-state index in [1.807, 2.05) is 0 Å². The van der Waals surface area contributed by atoms with Crippen LogP contribution in [0.15, 0.2) is 41.3 Å². The zero-order valence-electron chi connectivity index (χ0n) is 12.0. The van der Waals surface area contributed by atoms with E-state index in [0.717, 1.165) is 0 Å². The molecule has 3 rings (SSSR count). The molecule has 6 heteroatoms. The molecule has 0 spiro atoms. The summed E-state index contributed by atoms with van der Waals surface area (Å²) in [6.45, 7) is 1.73. The summed E-state index contributed by atoms with van der Waals surface area (Å²) in [6.07, 6.45) is 1.62. The molecule has 1 unspecified atom stereocenters. The average molecular weight is 317 g/mol. The molecule has 0 aliphatic heterocycles. The molecule has 0 saturated carbocycles. The number of ether oxygens (including phenoxy) is 1. The van der Waals surface area contributed by atoms with Crippen LogP contribution in [-0.2, 0) is 9.53 Å². The fraction of sp³-hybridized carbons (Fsp3) is 0.188. The van der Waals surface area contributed by atoms with Gasteiger partial charge in [0.2, 0.25) is 0 Å². The summed E-state index contributed by atoms with van der Waals surface area (Å²) in [5.41, 5.74) is 1.44. The van der Waals surface area contributed by atoms with Crippen LogP contribution in [0.5, 0.6) is 0 Å². The Labute approximate surface area is 131 Å². The second kappa shape index (κ2) is 5.42. The lowest BCUT2D eigenvalue weighted by molar-refractivity contribution is -0.141. The lowest BCUT2D eigenvalue weighted by atomic mass is 10.00. The van der Waals surface area contributed by atoms with Crippen LogP contribution < -0.4 is 5.56 Å². The number of fused-ring (bicyclic) bond motifs is 2. The van der Waals surface area contributed by atoms with Crippen molar-refractivity contribution in [3.63, 3.8) is 0 Å². The van der Waals surface area contributed by atoms with Crippen LogP contribution in [0.4, 0.5) is 0 Å². The SMILES string of the molecule is COC(=O)C(C)c1ccc2nc3c(Cl)cccn3c(=O)c2c1. The molecule has 112 valence electrons. The van der Waals surface area contributed by atoms with Crippen LogP contribution in [-0.4, -0.2) is 22.5 Å². The first kappa shape index (κ1) is 14.5. The van der Waals surface area contributed by atoms with Gasteiger partial charge in [-0.3, -0.25) is 14.0 Å². The van der Waals surface area contributed by atoms with Crippen molar-refractivity contribution >= 4 is 34.1 Å². The molecule has 0 aliphatic rings. The molecule has 1 aromatic carbocycles. The van der Waals surface area contributed by atoms with Crippen molar-refractivity contribution in [3.8, 4) is 0 Å². The Hall–Kier alpha value is -2.40. The largest absolute Gasteiger partial charge is 0.469 e. The average Bonchev–Trinajstić information content (AvgIpc) is 2.54. The van der Waals surface area contributed by atoms with Gasteiger partial charge in [0.15, 0.2) is 5.65 Å². The lowest BCUT2D eigenvalue weighted by Gasteiger charge is -2.11. The standard InChI is InChI=1S/C16H13ClN2O3/c1-9(16(21)22-2)10-5-6-13-11(8-10)15(20)19-7-3-4-12(17)14(19)18-13/h3-9H,1-2H3. The number of methoxy groups -OCH3 is 1. The highest BCUT2D eigenvalue weighted by Gasteiger charge is 2.17. The fourth-order valence-electron chi connectivity index (χ4n) is 2.39. The van der Waals surface area contributed by atoms with E-state index in [9.17, 15) is 9.59 Å². The van der Waals surface area contributed by atoms with Gasteiger partial charge in [0, 0.05) is 6.20 Å². The maximum Gasteiger partial charge on any atom is 0.312 e. The number of aromatic nitrogens is 2. The molecule has 0 fully saturated rings. The fourth-order valence-corrected chi connectivity index (χ4v) is 2.60. The molecular weight excluding hydrogens is 304 g/mol. The number of esters is 1. The summed E-state index contributed by atoms with van der Waals surface area (Å²) in [5, 5.41) is 0.849. The maximum absolute atomic E-state index is 12.6. The van der Waals surface area contributed by atoms with Crippen molar-refractivity contribution in [3.05, 3.63) is 57.5 Å². The number of carbonyl (C=O) groups excluding carboxylic acids is 1. The lowest BCUT2D eigenvalue weighted by Crippen LogP contribution is -2.16. The Balaban J connectivity index is 2.29. The Morgan fingerprint density at radius 3 is 2.86 bits per heavy atom. The van der Waals surface area contributed by atoms with Crippen molar-refractivity contribution in [1.29, 1.82) is 0 Å². The van der Waals surface area contributed by atoms with Crippen molar-refractivity contribution < 1.29 is 9.53 Å². The van der Waals surface area contributed by atoms with Crippen LogP contribution in [0.1, 0.15) is 18.4 Å². The van der Waals surface area contributed by atoms with E-state index in [1.165, 1.54) is 11.5 Å². The van der Waals surface area contributed by atoms with E-state index >= 15 is 0 Å². The first-order valence-electron chi connectivity index (χ1n) is 6.71. The quantitative estimate of drug-likeness (QED) is 0.539. The smallest absolute Gasteiger partial charge is 0.312 e. The molecule has 0 bridgehead atoms. The predicted octanol–water partition coefficient (Wildman–Crippen LogP) is 2.78. The number of carbonyl (C=O) groups is 1. The van der Waals surface area contributed by atoms with E-state index < -0.39 is 5.92 Å². The normalized spacial score (nSPS) is 12.5. The Morgan fingerprint density at radius 2 is 2.14 bits per heavy atom. The highest BCUT2D eigenvalue weighted by molar-refractivity contribution is 6.33. The Bertz CT molecular complexity index is 949. The molecule has 0 aliphatic carbocycles. The minimum Gasteiger partial charge on any atom is -0.469 e. The molecule has 0 saturated heterocycles. The molecule has 0 N–H and O–H groups in total. The van der Waals surface area contributed by atoms with Gasteiger partial charge in [0.1, 0.15) is 0 Å². The first-order valence-corrected chi connectivity index (χ1v) is 7.09. The highest BCUT2D eigenvalue weighted by atomic mass is 35.5. The molecule has 0 radical (unpaired) electrons. The Kier molecular flexibility index (Phi) is 3.58. The molecular formula is C16H13ClN2O3. The van der Waals surface area contributed by atoms with E-state index in [4.69, 9.17) is 16.3 Å². The van der Waals surface area contributed by atoms with Crippen LogP contribution in [0.25, 0.3) is 16.6 Å². The molecule has 1 atom stereocenters. The number of halogens is 1. The van der Waals surface area contributed by atoms with E-state index in [-0.39, 0.29) is 11.5 Å². The zero-order chi connectivity index (χ0) is 15.9. The van der Waals surface area contributed by atoms with Gasteiger partial charge in [-0.25, -0.2) is 4.98 Å². The van der Waals surface area contributed by atoms with Crippen molar-refractivity contribution in [2.75, 3.05) is 7.11 Å². The Morgan fingerprint density at radius 1 is 1.36 bits per heavy atom. The summed E-state index contributed by atoms with van der Waals surface area (Å²) < 4.78 is 6.14. The number of hydrogen-bond acceptors (Lipinski definition) is 4. The summed E-state index contributed by atoms with van der Waals surface area (Å²) in [6, 6.07) is 8.53. The van der Waals surface area contributed by atoms with Gasteiger partial charge in [-0.1, -0.05) is 17.7 Å².